The highest BCUT2D eigenvalue weighted by atomic mass is 35.5. The number of hydrogen-bond acceptors (Lipinski definition) is 4. The molecular weight excluding hydrogens is 434 g/mol. The van der Waals surface area contributed by atoms with Gasteiger partial charge < -0.3 is 0 Å². The maximum atomic E-state index is 13.7. The Bertz CT molecular complexity index is 1730. The molecule has 0 saturated carbocycles. The molecule has 3 aromatic carbocycles. The van der Waals surface area contributed by atoms with Gasteiger partial charge in [-0.15, -0.1) is 0 Å². The first kappa shape index (κ1) is 19.6. The van der Waals surface area contributed by atoms with Crippen LogP contribution in [0.4, 0.5) is 0 Å². The van der Waals surface area contributed by atoms with Gasteiger partial charge in [0, 0.05) is 5.02 Å². The number of aryl methyl sites for hydroxylation is 1. The van der Waals surface area contributed by atoms with Gasteiger partial charge >= 0.3 is 0 Å². The zero-order chi connectivity index (χ0) is 22.5. The van der Waals surface area contributed by atoms with Crippen LogP contribution in [0.15, 0.2) is 83.9 Å². The number of aromatic nitrogens is 5. The van der Waals surface area contributed by atoms with Crippen molar-refractivity contribution < 1.29 is 0 Å². The summed E-state index contributed by atoms with van der Waals surface area (Å²) in [6.45, 7) is 2.42. The Balaban J connectivity index is 1.69. The molecule has 3 heterocycles. The minimum absolute atomic E-state index is 0.156. The van der Waals surface area contributed by atoms with Crippen LogP contribution in [0, 0.1) is 6.92 Å². The third-order valence-corrected chi connectivity index (χ3v) is 6.10. The number of benzene rings is 3. The number of rotatable bonds is 3. The van der Waals surface area contributed by atoms with Crippen molar-refractivity contribution in [1.29, 1.82) is 0 Å². The van der Waals surface area contributed by atoms with E-state index in [-0.39, 0.29) is 5.56 Å². The van der Waals surface area contributed by atoms with Crippen molar-refractivity contribution in [2.24, 2.45) is 0 Å². The molecule has 33 heavy (non-hydrogen) atoms. The van der Waals surface area contributed by atoms with Gasteiger partial charge in [0.1, 0.15) is 17.2 Å². The second-order valence-corrected chi connectivity index (χ2v) is 8.45. The van der Waals surface area contributed by atoms with Crippen molar-refractivity contribution in [3.8, 4) is 5.69 Å². The van der Waals surface area contributed by atoms with Gasteiger partial charge in [0.25, 0.3) is 5.56 Å². The van der Waals surface area contributed by atoms with Crippen LogP contribution in [0.2, 0.25) is 5.02 Å². The Labute approximate surface area is 193 Å². The monoisotopic (exact) mass is 451 g/mol. The van der Waals surface area contributed by atoms with Crippen molar-refractivity contribution in [1.82, 2.24) is 24.1 Å². The Kier molecular flexibility index (Phi) is 4.48. The largest absolute Gasteiger partial charge is 0.294 e. The number of fused-ring (bicyclic) bond motifs is 4. The molecule has 0 saturated heterocycles. The quantitative estimate of drug-likeness (QED) is 0.366. The summed E-state index contributed by atoms with van der Waals surface area (Å²) in [5.74, 6) is 0. The van der Waals surface area contributed by atoms with E-state index in [2.05, 4.69) is 0 Å². The average molecular weight is 452 g/mol. The Morgan fingerprint density at radius 1 is 0.848 bits per heavy atom. The van der Waals surface area contributed by atoms with Gasteiger partial charge in [-0.1, -0.05) is 54.1 Å². The first-order valence-corrected chi connectivity index (χ1v) is 10.9. The van der Waals surface area contributed by atoms with E-state index in [1.165, 1.54) is 0 Å². The van der Waals surface area contributed by atoms with E-state index in [4.69, 9.17) is 26.6 Å². The zero-order valence-electron chi connectivity index (χ0n) is 17.7. The fourth-order valence-corrected chi connectivity index (χ4v) is 4.34. The Morgan fingerprint density at radius 3 is 2.30 bits per heavy atom. The molecule has 0 radical (unpaired) electrons. The lowest BCUT2D eigenvalue weighted by atomic mass is 10.2. The van der Waals surface area contributed by atoms with Gasteiger partial charge in [0.2, 0.25) is 0 Å². The Hall–Kier alpha value is -4.03. The lowest BCUT2D eigenvalue weighted by Crippen LogP contribution is -2.21. The highest BCUT2D eigenvalue weighted by molar-refractivity contribution is 6.30. The normalized spacial score (nSPS) is 11.6. The van der Waals surface area contributed by atoms with Crippen LogP contribution >= 0.6 is 11.6 Å². The van der Waals surface area contributed by atoms with Gasteiger partial charge in [-0.25, -0.2) is 15.0 Å². The number of nitrogens with zero attached hydrogens (tertiary/aromatic N) is 5. The molecule has 0 unspecified atom stereocenters. The molecule has 0 spiro atoms. The fourth-order valence-electron chi connectivity index (χ4n) is 4.21. The fraction of sp³-hybridized carbons (Fsp3) is 0.0769. The van der Waals surface area contributed by atoms with Gasteiger partial charge in [-0.3, -0.25) is 13.9 Å². The summed E-state index contributed by atoms with van der Waals surface area (Å²) in [6.07, 6.45) is 1.59. The molecule has 6 aromatic rings. The Morgan fingerprint density at radius 2 is 1.55 bits per heavy atom. The zero-order valence-corrected chi connectivity index (χ0v) is 18.5. The predicted molar refractivity (Wildman–Crippen MR) is 131 cm³/mol. The number of para-hydroxylation sites is 3. The van der Waals surface area contributed by atoms with Crippen LogP contribution in [-0.4, -0.2) is 24.1 Å². The van der Waals surface area contributed by atoms with Gasteiger partial charge in [0.05, 0.1) is 23.3 Å². The lowest BCUT2D eigenvalue weighted by Gasteiger charge is -2.10. The summed E-state index contributed by atoms with van der Waals surface area (Å²) in [5, 5.41) is 1.12. The third-order valence-electron chi connectivity index (χ3n) is 5.85. The topological polar surface area (TPSA) is 65.6 Å². The standard InChI is InChI=1S/C26H18ClN5O/c1-16-6-2-5-9-21(16)32-24-22(23-25(32)30-20-8-4-3-7-19(20)29-23)26(33)31(15-28-24)14-17-10-12-18(27)13-11-17/h2-13,15H,14H2,1H3. The van der Waals surface area contributed by atoms with Crippen molar-refractivity contribution in [2.45, 2.75) is 13.5 Å². The highest BCUT2D eigenvalue weighted by Crippen LogP contribution is 2.29. The molecule has 0 aliphatic carbocycles. The SMILES string of the molecule is Cc1ccccc1-n1c2nc3ccccc3nc2c2c(=O)n(Cc3ccc(Cl)cc3)cnc21. The van der Waals surface area contributed by atoms with E-state index < -0.39 is 0 Å². The molecule has 0 aliphatic rings. The molecule has 3 aromatic heterocycles. The highest BCUT2D eigenvalue weighted by Gasteiger charge is 2.21. The predicted octanol–water partition coefficient (Wildman–Crippen LogP) is 5.29. The van der Waals surface area contributed by atoms with Gasteiger partial charge in [-0.2, -0.15) is 0 Å². The molecule has 0 fully saturated rings. The minimum atomic E-state index is -0.156. The third kappa shape index (κ3) is 3.18. The van der Waals surface area contributed by atoms with E-state index in [1.807, 2.05) is 84.3 Å². The van der Waals surface area contributed by atoms with Crippen LogP contribution in [0.5, 0.6) is 0 Å². The van der Waals surface area contributed by atoms with Crippen LogP contribution in [0.3, 0.4) is 0 Å². The molecule has 7 heteroatoms. The van der Waals surface area contributed by atoms with E-state index >= 15 is 0 Å². The molecule has 6 rings (SSSR count). The van der Waals surface area contributed by atoms with E-state index in [0.717, 1.165) is 27.8 Å². The van der Waals surface area contributed by atoms with E-state index in [1.54, 1.807) is 10.9 Å². The van der Waals surface area contributed by atoms with Crippen molar-refractivity contribution in [3.05, 3.63) is 106 Å². The van der Waals surface area contributed by atoms with Gasteiger partial charge in [-0.05, 0) is 48.4 Å². The van der Waals surface area contributed by atoms with Crippen LogP contribution in [0.1, 0.15) is 11.1 Å². The molecule has 0 amide bonds. The molecular formula is C26H18ClN5O. The average Bonchev–Trinajstić information content (AvgIpc) is 3.14. The summed E-state index contributed by atoms with van der Waals surface area (Å²) in [7, 11) is 0. The number of halogens is 1. The van der Waals surface area contributed by atoms with Crippen molar-refractivity contribution in [3.63, 3.8) is 0 Å². The van der Waals surface area contributed by atoms with E-state index in [0.29, 0.717) is 33.8 Å². The maximum Gasteiger partial charge on any atom is 0.265 e. The summed E-state index contributed by atoms with van der Waals surface area (Å²) >= 11 is 6.01. The molecule has 0 aliphatic heterocycles. The maximum absolute atomic E-state index is 13.7. The van der Waals surface area contributed by atoms with Crippen LogP contribution < -0.4 is 5.56 Å². The second kappa shape index (κ2) is 7.53. The second-order valence-electron chi connectivity index (χ2n) is 8.01. The molecule has 0 N–H and O–H groups in total. The first-order chi connectivity index (χ1) is 16.1. The van der Waals surface area contributed by atoms with Crippen LogP contribution in [-0.2, 0) is 6.54 Å². The van der Waals surface area contributed by atoms with E-state index in [9.17, 15) is 4.79 Å². The first-order valence-electron chi connectivity index (χ1n) is 10.6. The summed E-state index contributed by atoms with van der Waals surface area (Å²) in [4.78, 5) is 28.2. The van der Waals surface area contributed by atoms with Crippen LogP contribution in [0.25, 0.3) is 38.9 Å². The number of hydrogen-bond donors (Lipinski definition) is 0. The summed E-state index contributed by atoms with van der Waals surface area (Å²) < 4.78 is 3.54. The summed E-state index contributed by atoms with van der Waals surface area (Å²) in [6, 6.07) is 23.1. The molecule has 0 bridgehead atoms. The molecule has 0 atom stereocenters. The summed E-state index contributed by atoms with van der Waals surface area (Å²) in [5.41, 5.74) is 6.00. The lowest BCUT2D eigenvalue weighted by molar-refractivity contribution is 0.747. The molecule has 6 nitrogen and oxygen atoms in total. The minimum Gasteiger partial charge on any atom is -0.294 e. The smallest absolute Gasteiger partial charge is 0.265 e. The van der Waals surface area contributed by atoms with Crippen molar-refractivity contribution in [2.75, 3.05) is 0 Å². The molecule has 160 valence electrons. The van der Waals surface area contributed by atoms with Gasteiger partial charge in [0.15, 0.2) is 11.3 Å². The van der Waals surface area contributed by atoms with Crippen molar-refractivity contribution >= 4 is 44.8 Å².